The fourth-order valence-electron chi connectivity index (χ4n) is 2.95. The number of halogens is 1. The topological polar surface area (TPSA) is 99.4 Å². The SMILES string of the molecule is [2H]C([2H])([2H])Oc1ccc(C([2H])([2H])c2cc([C@@H]3O[C@H](CO)[C@@H](O)[C@H](O)[C@H]3O)ccc2Cl)cc1. The normalized spacial score (nSPS) is 31.9. The van der Waals surface area contributed by atoms with Crippen LogP contribution in [0.3, 0.4) is 0 Å². The maximum atomic E-state index is 10.4. The molecule has 0 saturated carbocycles. The molecule has 1 fully saturated rings. The number of ether oxygens (including phenoxy) is 2. The highest BCUT2D eigenvalue weighted by atomic mass is 35.5. The molecule has 0 aromatic heterocycles. The van der Waals surface area contributed by atoms with E-state index in [4.69, 9.17) is 27.9 Å². The van der Waals surface area contributed by atoms with Gasteiger partial charge in [-0.1, -0.05) is 35.9 Å². The molecule has 0 spiro atoms. The first-order valence-corrected chi connectivity index (χ1v) is 8.63. The first kappa shape index (κ1) is 14.3. The predicted octanol–water partition coefficient (Wildman–Crippen LogP) is 1.45. The number of aliphatic hydroxyl groups excluding tert-OH is 4. The van der Waals surface area contributed by atoms with Crippen molar-refractivity contribution in [2.45, 2.75) is 36.9 Å². The van der Waals surface area contributed by atoms with E-state index >= 15 is 0 Å². The molecular weight excluding hydrogens is 372 g/mol. The third-order valence-electron chi connectivity index (χ3n) is 4.46. The van der Waals surface area contributed by atoms with Crippen LogP contribution >= 0.6 is 11.6 Å². The van der Waals surface area contributed by atoms with Gasteiger partial charge in [0.05, 0.1) is 17.8 Å². The van der Waals surface area contributed by atoms with Crippen molar-refractivity contribution in [1.82, 2.24) is 0 Å². The minimum atomic E-state index is -2.64. The number of hydrogen-bond donors (Lipinski definition) is 4. The summed E-state index contributed by atoms with van der Waals surface area (Å²) in [6.45, 7) is -0.590. The zero-order valence-corrected chi connectivity index (χ0v) is 14.9. The molecule has 5 atom stereocenters. The van der Waals surface area contributed by atoms with E-state index in [1.54, 1.807) is 0 Å². The lowest BCUT2D eigenvalue weighted by Gasteiger charge is -2.40. The lowest BCUT2D eigenvalue weighted by atomic mass is 9.90. The molecule has 6 nitrogen and oxygen atoms in total. The number of hydrogen-bond acceptors (Lipinski definition) is 6. The number of benzene rings is 2. The van der Waals surface area contributed by atoms with Gasteiger partial charge in [-0.3, -0.25) is 0 Å². The predicted molar refractivity (Wildman–Crippen MR) is 100.0 cm³/mol. The summed E-state index contributed by atoms with van der Waals surface area (Å²) in [5.41, 5.74) is 0.494. The van der Waals surface area contributed by atoms with Crippen LogP contribution in [0.4, 0.5) is 0 Å². The van der Waals surface area contributed by atoms with E-state index in [0.717, 1.165) is 0 Å². The fourth-order valence-corrected chi connectivity index (χ4v) is 3.12. The molecule has 146 valence electrons. The standard InChI is InChI=1S/C20H23ClO6/c1-26-14-5-2-11(3-6-14)8-13-9-12(4-7-15(13)21)20-19(25)18(24)17(23)16(10-22)27-20/h2-7,9,16-20,22-25H,8,10H2,1H3/t16-,17-,18+,19-,20+/m1/s1/i1D3,8D2. The molecule has 0 amide bonds. The minimum absolute atomic E-state index is 0.0399. The van der Waals surface area contributed by atoms with Gasteiger partial charge in [-0.2, -0.15) is 0 Å². The molecule has 2 aromatic rings. The molecule has 1 heterocycles. The summed E-state index contributed by atoms with van der Waals surface area (Å²) in [5.74, 6) is 0.0470. The van der Waals surface area contributed by atoms with Crippen LogP contribution in [-0.4, -0.2) is 58.5 Å². The van der Waals surface area contributed by atoms with Crippen LogP contribution in [0.15, 0.2) is 42.5 Å². The summed E-state index contributed by atoms with van der Waals surface area (Å²) in [6, 6.07) is 9.68. The van der Waals surface area contributed by atoms with Gasteiger partial charge in [-0.25, -0.2) is 0 Å². The number of methoxy groups -OCH3 is 1. The van der Waals surface area contributed by atoms with Crippen molar-refractivity contribution in [2.24, 2.45) is 0 Å². The largest absolute Gasteiger partial charge is 0.497 e. The Hall–Kier alpha value is -1.67. The maximum Gasteiger partial charge on any atom is 0.118 e. The molecule has 1 aliphatic heterocycles. The first-order valence-electron chi connectivity index (χ1n) is 10.7. The first-order chi connectivity index (χ1) is 14.8. The quantitative estimate of drug-likeness (QED) is 0.607. The van der Waals surface area contributed by atoms with E-state index in [1.807, 2.05) is 0 Å². The highest BCUT2D eigenvalue weighted by Crippen LogP contribution is 2.34. The Morgan fingerprint density at radius 2 is 1.85 bits per heavy atom. The summed E-state index contributed by atoms with van der Waals surface area (Å²) < 4.78 is 49.0. The van der Waals surface area contributed by atoms with Crippen molar-refractivity contribution in [2.75, 3.05) is 13.6 Å². The Morgan fingerprint density at radius 3 is 2.52 bits per heavy atom. The monoisotopic (exact) mass is 399 g/mol. The Kier molecular flexibility index (Phi) is 4.55. The van der Waals surface area contributed by atoms with E-state index in [0.29, 0.717) is 0 Å². The minimum Gasteiger partial charge on any atom is -0.497 e. The van der Waals surface area contributed by atoms with Crippen LogP contribution in [-0.2, 0) is 11.1 Å². The molecule has 0 aliphatic carbocycles. The second kappa shape index (κ2) is 8.56. The van der Waals surface area contributed by atoms with Crippen LogP contribution in [0, 0.1) is 0 Å². The molecule has 3 rings (SSSR count). The van der Waals surface area contributed by atoms with E-state index in [9.17, 15) is 20.4 Å². The molecule has 0 unspecified atom stereocenters. The van der Waals surface area contributed by atoms with Crippen LogP contribution in [0.5, 0.6) is 5.75 Å². The molecule has 1 aliphatic rings. The third-order valence-corrected chi connectivity index (χ3v) is 4.79. The Labute approximate surface area is 169 Å². The number of aliphatic hydroxyl groups is 4. The molecule has 1 saturated heterocycles. The summed E-state index contributed by atoms with van der Waals surface area (Å²) >= 11 is 6.26. The lowest BCUT2D eigenvalue weighted by molar-refractivity contribution is -0.231. The van der Waals surface area contributed by atoms with Gasteiger partial charge in [0.15, 0.2) is 0 Å². The molecule has 2 aromatic carbocycles. The van der Waals surface area contributed by atoms with Crippen LogP contribution < -0.4 is 4.74 Å². The van der Waals surface area contributed by atoms with Crippen LogP contribution in [0.1, 0.15) is 29.6 Å². The Bertz CT molecular complexity index is 937. The summed E-state index contributed by atoms with van der Waals surface area (Å²) in [4.78, 5) is 0. The van der Waals surface area contributed by atoms with E-state index < -0.39 is 50.5 Å². The summed E-state index contributed by atoms with van der Waals surface area (Å²) in [5, 5.41) is 39.9. The third kappa shape index (κ3) is 4.27. The van der Waals surface area contributed by atoms with Crippen molar-refractivity contribution in [3.63, 3.8) is 0 Å². The average molecular weight is 400 g/mol. The second-order valence-electron chi connectivity index (χ2n) is 6.24. The summed E-state index contributed by atoms with van der Waals surface area (Å²) in [7, 11) is -2.64. The zero-order chi connectivity index (χ0) is 23.8. The van der Waals surface area contributed by atoms with Crippen molar-refractivity contribution in [3.8, 4) is 5.75 Å². The van der Waals surface area contributed by atoms with E-state index in [1.165, 1.54) is 42.5 Å². The van der Waals surface area contributed by atoms with Gasteiger partial charge in [-0.15, -0.1) is 0 Å². The van der Waals surface area contributed by atoms with Gasteiger partial charge < -0.3 is 29.9 Å². The van der Waals surface area contributed by atoms with Crippen molar-refractivity contribution >= 4 is 11.6 Å². The van der Waals surface area contributed by atoms with Crippen LogP contribution in [0.2, 0.25) is 5.02 Å². The maximum absolute atomic E-state index is 10.4. The molecular formula is C20H23ClO6. The van der Waals surface area contributed by atoms with Gasteiger partial charge in [-0.05, 0) is 41.3 Å². The molecule has 4 N–H and O–H groups in total. The Morgan fingerprint density at radius 1 is 1.11 bits per heavy atom. The summed E-state index contributed by atoms with van der Waals surface area (Å²) in [6.07, 6.45) is -9.00. The molecule has 0 radical (unpaired) electrons. The van der Waals surface area contributed by atoms with E-state index in [-0.39, 0.29) is 27.5 Å². The van der Waals surface area contributed by atoms with Crippen molar-refractivity contribution < 1.29 is 36.8 Å². The highest BCUT2D eigenvalue weighted by molar-refractivity contribution is 6.31. The van der Waals surface area contributed by atoms with Gasteiger partial charge in [0, 0.05) is 7.76 Å². The van der Waals surface area contributed by atoms with Gasteiger partial charge in [0.25, 0.3) is 0 Å². The van der Waals surface area contributed by atoms with Gasteiger partial charge in [0.1, 0.15) is 36.3 Å². The Balaban J connectivity index is 1.94. The average Bonchev–Trinajstić information content (AvgIpc) is 2.72. The fraction of sp³-hybridized carbons (Fsp3) is 0.400. The van der Waals surface area contributed by atoms with E-state index in [2.05, 4.69) is 0 Å². The van der Waals surface area contributed by atoms with Gasteiger partial charge >= 0.3 is 0 Å². The highest BCUT2D eigenvalue weighted by Gasteiger charge is 2.43. The second-order valence-corrected chi connectivity index (χ2v) is 6.65. The number of rotatable bonds is 5. The van der Waals surface area contributed by atoms with Crippen molar-refractivity contribution in [3.05, 3.63) is 64.2 Å². The van der Waals surface area contributed by atoms with Crippen molar-refractivity contribution in [1.29, 1.82) is 0 Å². The molecule has 7 heteroatoms. The molecule has 0 bridgehead atoms. The smallest absolute Gasteiger partial charge is 0.118 e. The van der Waals surface area contributed by atoms with Crippen LogP contribution in [0.25, 0.3) is 0 Å². The zero-order valence-electron chi connectivity index (χ0n) is 19.1. The van der Waals surface area contributed by atoms with Gasteiger partial charge in [0.2, 0.25) is 0 Å². The molecule has 27 heavy (non-hydrogen) atoms. The lowest BCUT2D eigenvalue weighted by Crippen LogP contribution is -2.55.